The summed E-state index contributed by atoms with van der Waals surface area (Å²) in [5.41, 5.74) is 0.937. The molecular formula is C11H14Cl2N2. The predicted octanol–water partition coefficient (Wildman–Crippen LogP) is 2.93. The van der Waals surface area contributed by atoms with E-state index in [0.717, 1.165) is 18.0 Å². The summed E-state index contributed by atoms with van der Waals surface area (Å²) in [5.74, 6) is 0.795. The lowest BCUT2D eigenvalue weighted by atomic mass is 10.1. The van der Waals surface area contributed by atoms with E-state index in [0.29, 0.717) is 16.1 Å². The molecule has 1 atom stereocenters. The van der Waals surface area contributed by atoms with Crippen molar-refractivity contribution < 1.29 is 0 Å². The van der Waals surface area contributed by atoms with Crippen molar-refractivity contribution in [2.24, 2.45) is 5.92 Å². The number of nitrogens with one attached hydrogen (secondary N) is 1. The fourth-order valence-corrected chi connectivity index (χ4v) is 2.26. The fourth-order valence-electron chi connectivity index (χ4n) is 1.80. The van der Waals surface area contributed by atoms with E-state index in [1.54, 1.807) is 12.3 Å². The van der Waals surface area contributed by atoms with E-state index in [-0.39, 0.29) is 0 Å². The molecule has 0 radical (unpaired) electrons. The SMILES string of the molecule is CNC(Cc1ncc(Cl)cc1Cl)C1CC1. The second-order valence-electron chi connectivity index (χ2n) is 4.02. The summed E-state index contributed by atoms with van der Waals surface area (Å²) in [6.07, 6.45) is 5.17. The molecule has 0 aliphatic heterocycles. The molecule has 0 bridgehead atoms. The standard InChI is InChI=1S/C11H14Cl2N2/c1-14-10(7-2-3-7)5-11-9(13)4-8(12)6-15-11/h4,6-7,10,14H,2-3,5H2,1H3. The van der Waals surface area contributed by atoms with E-state index in [1.165, 1.54) is 12.8 Å². The van der Waals surface area contributed by atoms with Crippen LogP contribution in [0.1, 0.15) is 18.5 Å². The minimum Gasteiger partial charge on any atom is -0.316 e. The van der Waals surface area contributed by atoms with Crippen LogP contribution in [0.25, 0.3) is 0 Å². The Morgan fingerprint density at radius 3 is 2.80 bits per heavy atom. The van der Waals surface area contributed by atoms with Gasteiger partial charge in [0.25, 0.3) is 0 Å². The second kappa shape index (κ2) is 4.69. The molecule has 2 nitrogen and oxygen atoms in total. The molecule has 2 rings (SSSR count). The summed E-state index contributed by atoms with van der Waals surface area (Å²) in [5, 5.41) is 4.59. The van der Waals surface area contributed by atoms with Gasteiger partial charge in [0.05, 0.1) is 15.7 Å². The van der Waals surface area contributed by atoms with E-state index < -0.39 is 0 Å². The third kappa shape index (κ3) is 2.83. The molecule has 0 saturated heterocycles. The van der Waals surface area contributed by atoms with Crippen LogP contribution in [0.15, 0.2) is 12.3 Å². The Morgan fingerprint density at radius 1 is 1.53 bits per heavy atom. The third-order valence-corrected chi connectivity index (χ3v) is 3.39. The Hall–Kier alpha value is -0.310. The topological polar surface area (TPSA) is 24.9 Å². The van der Waals surface area contributed by atoms with Crippen LogP contribution in [0.5, 0.6) is 0 Å². The molecule has 0 aromatic carbocycles. The quantitative estimate of drug-likeness (QED) is 0.882. The van der Waals surface area contributed by atoms with Crippen molar-refractivity contribution in [2.45, 2.75) is 25.3 Å². The normalized spacial score (nSPS) is 17.8. The predicted molar refractivity (Wildman–Crippen MR) is 63.5 cm³/mol. The van der Waals surface area contributed by atoms with Crippen LogP contribution in [0.4, 0.5) is 0 Å². The van der Waals surface area contributed by atoms with E-state index in [9.17, 15) is 0 Å². The average Bonchev–Trinajstić information content (AvgIpc) is 3.00. The Kier molecular flexibility index (Phi) is 3.49. The molecule has 0 amide bonds. The molecule has 1 N–H and O–H groups in total. The summed E-state index contributed by atoms with van der Waals surface area (Å²) in [6, 6.07) is 2.25. The molecule has 15 heavy (non-hydrogen) atoms. The van der Waals surface area contributed by atoms with Gasteiger partial charge >= 0.3 is 0 Å². The van der Waals surface area contributed by atoms with Gasteiger partial charge in [-0.2, -0.15) is 0 Å². The lowest BCUT2D eigenvalue weighted by Crippen LogP contribution is -2.30. The first-order valence-corrected chi connectivity index (χ1v) is 5.93. The number of hydrogen-bond donors (Lipinski definition) is 1. The smallest absolute Gasteiger partial charge is 0.0636 e. The van der Waals surface area contributed by atoms with Gasteiger partial charge in [0.2, 0.25) is 0 Å². The highest BCUT2D eigenvalue weighted by Crippen LogP contribution is 2.34. The maximum atomic E-state index is 6.08. The number of rotatable bonds is 4. The maximum absolute atomic E-state index is 6.08. The Balaban J connectivity index is 2.08. The van der Waals surface area contributed by atoms with Crippen LogP contribution in [-0.2, 0) is 6.42 Å². The molecule has 0 spiro atoms. The first-order chi connectivity index (χ1) is 7.20. The van der Waals surface area contributed by atoms with Crippen molar-refractivity contribution in [3.63, 3.8) is 0 Å². The molecular weight excluding hydrogens is 231 g/mol. The van der Waals surface area contributed by atoms with Crippen LogP contribution in [-0.4, -0.2) is 18.1 Å². The lowest BCUT2D eigenvalue weighted by molar-refractivity contribution is 0.496. The minimum absolute atomic E-state index is 0.496. The molecule has 1 fully saturated rings. The van der Waals surface area contributed by atoms with Gasteiger partial charge < -0.3 is 5.32 Å². The molecule has 1 aromatic heterocycles. The number of hydrogen-bond acceptors (Lipinski definition) is 2. The first-order valence-electron chi connectivity index (χ1n) is 5.18. The molecule has 1 aliphatic rings. The number of nitrogens with zero attached hydrogens (tertiary/aromatic N) is 1. The van der Waals surface area contributed by atoms with Gasteiger partial charge in [0.15, 0.2) is 0 Å². The van der Waals surface area contributed by atoms with Gasteiger partial charge in [0.1, 0.15) is 0 Å². The zero-order chi connectivity index (χ0) is 10.8. The summed E-state index contributed by atoms with van der Waals surface area (Å²) in [4.78, 5) is 4.27. The van der Waals surface area contributed by atoms with Crippen molar-refractivity contribution in [3.8, 4) is 0 Å². The minimum atomic E-state index is 0.496. The second-order valence-corrected chi connectivity index (χ2v) is 4.86. The highest BCUT2D eigenvalue weighted by Gasteiger charge is 2.30. The Bertz CT molecular complexity index is 350. The number of halogens is 2. The van der Waals surface area contributed by atoms with Crippen molar-refractivity contribution in [1.29, 1.82) is 0 Å². The van der Waals surface area contributed by atoms with Crippen molar-refractivity contribution in [2.75, 3.05) is 7.05 Å². The van der Waals surface area contributed by atoms with E-state index in [1.807, 2.05) is 7.05 Å². The Morgan fingerprint density at radius 2 is 2.27 bits per heavy atom. The highest BCUT2D eigenvalue weighted by atomic mass is 35.5. The fraction of sp³-hybridized carbons (Fsp3) is 0.545. The molecule has 1 saturated carbocycles. The van der Waals surface area contributed by atoms with Crippen LogP contribution in [0, 0.1) is 5.92 Å². The van der Waals surface area contributed by atoms with Gasteiger partial charge in [-0.3, -0.25) is 4.98 Å². The zero-order valence-corrected chi connectivity index (χ0v) is 10.1. The molecule has 1 aliphatic carbocycles. The van der Waals surface area contributed by atoms with Gasteiger partial charge in [-0.1, -0.05) is 23.2 Å². The molecule has 1 heterocycles. The van der Waals surface area contributed by atoms with Gasteiger partial charge in [0, 0.05) is 18.7 Å². The first kappa shape index (κ1) is 11.2. The molecule has 1 aromatic rings. The van der Waals surface area contributed by atoms with Crippen molar-refractivity contribution in [1.82, 2.24) is 10.3 Å². The average molecular weight is 245 g/mol. The maximum Gasteiger partial charge on any atom is 0.0636 e. The van der Waals surface area contributed by atoms with Crippen LogP contribution in [0.2, 0.25) is 10.0 Å². The van der Waals surface area contributed by atoms with E-state index in [4.69, 9.17) is 23.2 Å². The molecule has 1 unspecified atom stereocenters. The summed E-state index contributed by atoms with van der Waals surface area (Å²) in [7, 11) is 1.99. The van der Waals surface area contributed by atoms with Gasteiger partial charge in [-0.05, 0) is 31.9 Å². The summed E-state index contributed by atoms with van der Waals surface area (Å²) < 4.78 is 0. The van der Waals surface area contributed by atoms with Crippen molar-refractivity contribution in [3.05, 3.63) is 28.0 Å². The number of likely N-dealkylation sites (N-methyl/N-ethyl adjacent to an activating group) is 1. The molecule has 4 heteroatoms. The lowest BCUT2D eigenvalue weighted by Gasteiger charge is -2.15. The zero-order valence-electron chi connectivity index (χ0n) is 8.63. The van der Waals surface area contributed by atoms with Gasteiger partial charge in [-0.15, -0.1) is 0 Å². The number of aromatic nitrogens is 1. The summed E-state index contributed by atoms with van der Waals surface area (Å²) >= 11 is 11.9. The summed E-state index contributed by atoms with van der Waals surface area (Å²) in [6.45, 7) is 0. The monoisotopic (exact) mass is 244 g/mol. The van der Waals surface area contributed by atoms with Crippen molar-refractivity contribution >= 4 is 23.2 Å². The van der Waals surface area contributed by atoms with Crippen LogP contribution >= 0.6 is 23.2 Å². The van der Waals surface area contributed by atoms with E-state index in [2.05, 4.69) is 10.3 Å². The third-order valence-electron chi connectivity index (χ3n) is 2.86. The van der Waals surface area contributed by atoms with Crippen LogP contribution < -0.4 is 5.32 Å². The van der Waals surface area contributed by atoms with Crippen LogP contribution in [0.3, 0.4) is 0 Å². The molecule has 82 valence electrons. The largest absolute Gasteiger partial charge is 0.316 e. The Labute approximate surface area is 100.0 Å². The number of pyridine rings is 1. The highest BCUT2D eigenvalue weighted by molar-refractivity contribution is 6.34. The van der Waals surface area contributed by atoms with E-state index >= 15 is 0 Å². The van der Waals surface area contributed by atoms with Gasteiger partial charge in [-0.25, -0.2) is 0 Å².